The SMILES string of the molecule is CCOC(C)C(=O)NCC(O)c1cc2ccccc2s1. The summed E-state index contributed by atoms with van der Waals surface area (Å²) in [5, 5.41) is 14.0. The molecule has 2 unspecified atom stereocenters. The lowest BCUT2D eigenvalue weighted by Crippen LogP contribution is -2.36. The highest BCUT2D eigenvalue weighted by Crippen LogP contribution is 2.29. The Balaban J connectivity index is 1.94. The van der Waals surface area contributed by atoms with Crippen molar-refractivity contribution in [3.05, 3.63) is 35.2 Å². The van der Waals surface area contributed by atoms with Gasteiger partial charge in [0.1, 0.15) is 12.2 Å². The van der Waals surface area contributed by atoms with Crippen LogP contribution in [0.4, 0.5) is 0 Å². The van der Waals surface area contributed by atoms with Gasteiger partial charge in [0.15, 0.2) is 0 Å². The van der Waals surface area contributed by atoms with E-state index >= 15 is 0 Å². The maximum atomic E-state index is 11.7. The van der Waals surface area contributed by atoms with Gasteiger partial charge >= 0.3 is 0 Å². The average Bonchev–Trinajstić information content (AvgIpc) is 2.88. The summed E-state index contributed by atoms with van der Waals surface area (Å²) in [7, 11) is 0. The van der Waals surface area contributed by atoms with Gasteiger partial charge in [-0.2, -0.15) is 0 Å². The first-order valence-corrected chi connectivity index (χ1v) is 7.49. The average molecular weight is 293 g/mol. The molecule has 0 saturated carbocycles. The van der Waals surface area contributed by atoms with Gasteiger partial charge in [-0.1, -0.05) is 18.2 Å². The smallest absolute Gasteiger partial charge is 0.248 e. The van der Waals surface area contributed by atoms with Gasteiger partial charge in [0, 0.05) is 22.7 Å². The monoisotopic (exact) mass is 293 g/mol. The van der Waals surface area contributed by atoms with E-state index in [1.54, 1.807) is 18.3 Å². The van der Waals surface area contributed by atoms with Crippen molar-refractivity contribution in [1.29, 1.82) is 0 Å². The van der Waals surface area contributed by atoms with Crippen LogP contribution in [0, 0.1) is 0 Å². The zero-order valence-corrected chi connectivity index (χ0v) is 12.4. The Bertz CT molecular complexity index is 548. The molecule has 1 heterocycles. The van der Waals surface area contributed by atoms with Crippen LogP contribution in [-0.4, -0.2) is 30.3 Å². The fourth-order valence-corrected chi connectivity index (χ4v) is 2.98. The summed E-state index contributed by atoms with van der Waals surface area (Å²) in [4.78, 5) is 12.6. The molecule has 2 rings (SSSR count). The molecule has 5 heteroatoms. The van der Waals surface area contributed by atoms with Crippen LogP contribution in [0.2, 0.25) is 0 Å². The Kier molecular flexibility index (Phi) is 5.11. The van der Waals surface area contributed by atoms with E-state index in [-0.39, 0.29) is 12.5 Å². The highest BCUT2D eigenvalue weighted by Gasteiger charge is 2.16. The second-order valence-corrected chi connectivity index (χ2v) is 5.66. The second kappa shape index (κ2) is 6.83. The number of thiophene rings is 1. The maximum Gasteiger partial charge on any atom is 0.248 e. The fraction of sp³-hybridized carbons (Fsp3) is 0.400. The van der Waals surface area contributed by atoms with Gasteiger partial charge in [-0.05, 0) is 31.4 Å². The molecule has 1 aromatic heterocycles. The van der Waals surface area contributed by atoms with E-state index < -0.39 is 12.2 Å². The summed E-state index contributed by atoms with van der Waals surface area (Å²) in [5.74, 6) is -0.202. The number of amides is 1. The van der Waals surface area contributed by atoms with Gasteiger partial charge in [-0.3, -0.25) is 4.79 Å². The molecule has 0 spiro atoms. The van der Waals surface area contributed by atoms with Gasteiger partial charge in [0.2, 0.25) is 5.91 Å². The molecule has 0 aliphatic carbocycles. The van der Waals surface area contributed by atoms with E-state index in [1.165, 1.54) is 0 Å². The molecule has 1 aromatic carbocycles. The predicted octanol–water partition coefficient (Wildman–Crippen LogP) is 2.48. The highest BCUT2D eigenvalue weighted by molar-refractivity contribution is 7.19. The Morgan fingerprint density at radius 2 is 2.20 bits per heavy atom. The first-order valence-electron chi connectivity index (χ1n) is 6.67. The summed E-state index contributed by atoms with van der Waals surface area (Å²) in [6.07, 6.45) is -1.18. The van der Waals surface area contributed by atoms with Crippen LogP contribution in [0.15, 0.2) is 30.3 Å². The van der Waals surface area contributed by atoms with Gasteiger partial charge in [0.25, 0.3) is 0 Å². The first-order chi connectivity index (χ1) is 9.61. The van der Waals surface area contributed by atoms with Crippen molar-refractivity contribution in [3.8, 4) is 0 Å². The molecular formula is C15H19NO3S. The van der Waals surface area contributed by atoms with Gasteiger partial charge in [-0.25, -0.2) is 0 Å². The quantitative estimate of drug-likeness (QED) is 0.860. The van der Waals surface area contributed by atoms with Crippen molar-refractivity contribution in [1.82, 2.24) is 5.32 Å². The van der Waals surface area contributed by atoms with E-state index in [4.69, 9.17) is 4.74 Å². The van der Waals surface area contributed by atoms with Crippen LogP contribution in [0.3, 0.4) is 0 Å². The van der Waals surface area contributed by atoms with Gasteiger partial charge < -0.3 is 15.2 Å². The number of hydrogen-bond donors (Lipinski definition) is 2. The Morgan fingerprint density at radius 1 is 1.45 bits per heavy atom. The third-order valence-corrected chi connectivity index (χ3v) is 4.25. The minimum absolute atomic E-state index is 0.197. The number of aliphatic hydroxyl groups is 1. The highest BCUT2D eigenvalue weighted by atomic mass is 32.1. The molecular weight excluding hydrogens is 274 g/mol. The van der Waals surface area contributed by atoms with E-state index in [2.05, 4.69) is 5.32 Å². The number of nitrogens with one attached hydrogen (secondary N) is 1. The van der Waals surface area contributed by atoms with Crippen LogP contribution in [0.25, 0.3) is 10.1 Å². The van der Waals surface area contributed by atoms with Crippen molar-refractivity contribution >= 4 is 27.3 Å². The van der Waals surface area contributed by atoms with E-state index in [1.807, 2.05) is 37.3 Å². The Labute approximate surface area is 122 Å². The number of carbonyl (C=O) groups is 1. The Hall–Kier alpha value is -1.43. The van der Waals surface area contributed by atoms with Gasteiger partial charge in [-0.15, -0.1) is 11.3 Å². The number of ether oxygens (including phenoxy) is 1. The molecule has 0 aliphatic heterocycles. The number of fused-ring (bicyclic) bond motifs is 1. The molecule has 0 radical (unpaired) electrons. The fourth-order valence-electron chi connectivity index (χ4n) is 1.93. The third-order valence-electron chi connectivity index (χ3n) is 3.03. The molecule has 0 saturated heterocycles. The van der Waals surface area contributed by atoms with Crippen LogP contribution >= 0.6 is 11.3 Å². The first kappa shape index (κ1) is 15.0. The van der Waals surface area contributed by atoms with Crippen molar-refractivity contribution in [2.75, 3.05) is 13.2 Å². The molecule has 0 bridgehead atoms. The molecule has 2 atom stereocenters. The summed E-state index contributed by atoms with van der Waals surface area (Å²) in [5.41, 5.74) is 0. The summed E-state index contributed by atoms with van der Waals surface area (Å²) < 4.78 is 6.33. The molecule has 2 N–H and O–H groups in total. The lowest BCUT2D eigenvalue weighted by molar-refractivity contribution is -0.131. The Morgan fingerprint density at radius 3 is 2.90 bits per heavy atom. The summed E-state index contributed by atoms with van der Waals surface area (Å²) >= 11 is 1.54. The summed E-state index contributed by atoms with van der Waals surface area (Å²) in [6.45, 7) is 4.23. The van der Waals surface area contributed by atoms with Crippen LogP contribution in [0.5, 0.6) is 0 Å². The van der Waals surface area contributed by atoms with Crippen LogP contribution in [0.1, 0.15) is 24.8 Å². The van der Waals surface area contributed by atoms with Crippen LogP contribution in [-0.2, 0) is 9.53 Å². The molecule has 0 fully saturated rings. The molecule has 108 valence electrons. The standard InChI is InChI=1S/C15H19NO3S/c1-3-19-10(2)15(18)16-9-12(17)14-8-11-6-4-5-7-13(11)20-14/h4-8,10,12,17H,3,9H2,1-2H3,(H,16,18). The number of aliphatic hydroxyl groups excluding tert-OH is 1. The normalized spacial score (nSPS) is 14.2. The topological polar surface area (TPSA) is 58.6 Å². The molecule has 0 aliphatic rings. The predicted molar refractivity (Wildman–Crippen MR) is 80.9 cm³/mol. The van der Waals surface area contributed by atoms with Crippen LogP contribution < -0.4 is 5.32 Å². The minimum Gasteiger partial charge on any atom is -0.386 e. The molecule has 1 amide bonds. The molecule has 4 nitrogen and oxygen atoms in total. The summed E-state index contributed by atoms with van der Waals surface area (Å²) in [6, 6.07) is 9.93. The van der Waals surface area contributed by atoms with Gasteiger partial charge in [0.05, 0.1) is 0 Å². The largest absolute Gasteiger partial charge is 0.386 e. The van der Waals surface area contributed by atoms with E-state index in [0.29, 0.717) is 6.61 Å². The second-order valence-electron chi connectivity index (χ2n) is 4.55. The van der Waals surface area contributed by atoms with Crippen molar-refractivity contribution < 1.29 is 14.6 Å². The number of hydrogen-bond acceptors (Lipinski definition) is 4. The van der Waals surface area contributed by atoms with E-state index in [9.17, 15) is 9.90 Å². The van der Waals surface area contributed by atoms with E-state index in [0.717, 1.165) is 15.0 Å². The lowest BCUT2D eigenvalue weighted by Gasteiger charge is -2.14. The number of carbonyl (C=O) groups excluding carboxylic acids is 1. The number of rotatable bonds is 6. The molecule has 2 aromatic rings. The zero-order valence-electron chi connectivity index (χ0n) is 11.6. The lowest BCUT2D eigenvalue weighted by atomic mass is 10.2. The zero-order chi connectivity index (χ0) is 14.5. The minimum atomic E-state index is -0.690. The van der Waals surface area contributed by atoms with Crippen molar-refractivity contribution in [2.24, 2.45) is 0 Å². The molecule has 20 heavy (non-hydrogen) atoms. The third kappa shape index (κ3) is 3.56. The maximum absolute atomic E-state index is 11.7. The van der Waals surface area contributed by atoms with Crippen molar-refractivity contribution in [3.63, 3.8) is 0 Å². The number of benzene rings is 1. The van der Waals surface area contributed by atoms with Crippen molar-refractivity contribution in [2.45, 2.75) is 26.1 Å².